The molecule has 0 spiro atoms. The molecule has 0 unspecified atom stereocenters. The molecule has 0 bridgehead atoms. The van der Waals surface area contributed by atoms with Crippen molar-refractivity contribution < 1.29 is 13.9 Å². The van der Waals surface area contributed by atoms with E-state index in [1.165, 1.54) is 6.07 Å². The molecule has 0 saturated carbocycles. The third-order valence-electron chi connectivity index (χ3n) is 3.93. The number of piperidine rings is 1. The first-order valence-corrected chi connectivity index (χ1v) is 7.25. The lowest BCUT2D eigenvalue weighted by Crippen LogP contribution is -2.37. The van der Waals surface area contributed by atoms with Gasteiger partial charge in [-0.15, -0.1) is 0 Å². The van der Waals surface area contributed by atoms with Crippen LogP contribution in [0.4, 0.5) is 10.2 Å². The smallest absolute Gasteiger partial charge is 0.309 e. The van der Waals surface area contributed by atoms with Gasteiger partial charge in [0.05, 0.1) is 23.4 Å². The SMILES string of the molecule is CCOC(=O)C1CCN(c2n[nH]c3cccc(F)c23)CC1. The summed E-state index contributed by atoms with van der Waals surface area (Å²) in [6.07, 6.45) is 1.42. The number of carbonyl (C=O) groups excluding carboxylic acids is 1. The fourth-order valence-corrected chi connectivity index (χ4v) is 2.83. The zero-order chi connectivity index (χ0) is 14.8. The number of carbonyl (C=O) groups is 1. The lowest BCUT2D eigenvalue weighted by Gasteiger charge is -2.31. The quantitative estimate of drug-likeness (QED) is 0.883. The van der Waals surface area contributed by atoms with Gasteiger partial charge in [0.25, 0.3) is 0 Å². The van der Waals surface area contributed by atoms with E-state index in [2.05, 4.69) is 10.2 Å². The van der Waals surface area contributed by atoms with E-state index in [0.717, 1.165) is 0 Å². The Morgan fingerprint density at radius 3 is 2.95 bits per heavy atom. The Morgan fingerprint density at radius 1 is 1.48 bits per heavy atom. The molecule has 0 radical (unpaired) electrons. The molecule has 1 saturated heterocycles. The topological polar surface area (TPSA) is 58.2 Å². The highest BCUT2D eigenvalue weighted by molar-refractivity contribution is 5.90. The summed E-state index contributed by atoms with van der Waals surface area (Å²) in [6, 6.07) is 4.90. The summed E-state index contributed by atoms with van der Waals surface area (Å²) in [5.41, 5.74) is 0.692. The van der Waals surface area contributed by atoms with Gasteiger partial charge in [0.1, 0.15) is 5.82 Å². The van der Waals surface area contributed by atoms with Gasteiger partial charge in [-0.05, 0) is 31.9 Å². The van der Waals surface area contributed by atoms with E-state index in [1.54, 1.807) is 12.1 Å². The normalized spacial score (nSPS) is 16.4. The maximum absolute atomic E-state index is 14.0. The first kappa shape index (κ1) is 13.9. The molecule has 2 aromatic rings. The molecule has 21 heavy (non-hydrogen) atoms. The lowest BCUT2D eigenvalue weighted by molar-refractivity contribution is -0.148. The van der Waals surface area contributed by atoms with Crippen LogP contribution in [-0.2, 0) is 9.53 Å². The summed E-state index contributed by atoms with van der Waals surface area (Å²) in [5.74, 6) is 0.167. The largest absolute Gasteiger partial charge is 0.466 e. The van der Waals surface area contributed by atoms with Crippen molar-refractivity contribution in [3.63, 3.8) is 0 Å². The number of aromatic amines is 1. The minimum atomic E-state index is -0.274. The van der Waals surface area contributed by atoms with Gasteiger partial charge in [-0.1, -0.05) is 6.07 Å². The summed E-state index contributed by atoms with van der Waals surface area (Å²) >= 11 is 0. The number of aromatic nitrogens is 2. The van der Waals surface area contributed by atoms with Crippen molar-refractivity contribution in [2.45, 2.75) is 19.8 Å². The first-order chi connectivity index (χ1) is 10.2. The van der Waals surface area contributed by atoms with Crippen LogP contribution >= 0.6 is 0 Å². The number of anilines is 1. The predicted molar refractivity (Wildman–Crippen MR) is 77.6 cm³/mol. The number of benzene rings is 1. The van der Waals surface area contributed by atoms with Gasteiger partial charge in [-0.25, -0.2) is 4.39 Å². The number of hydrogen-bond donors (Lipinski definition) is 1. The van der Waals surface area contributed by atoms with Crippen LogP contribution in [0.25, 0.3) is 10.9 Å². The summed E-state index contributed by atoms with van der Waals surface area (Å²) in [4.78, 5) is 13.8. The Balaban J connectivity index is 1.76. The second-order valence-electron chi connectivity index (χ2n) is 5.22. The van der Waals surface area contributed by atoms with Crippen LogP contribution in [0.2, 0.25) is 0 Å². The average molecular weight is 291 g/mol. The molecule has 1 aliphatic heterocycles. The van der Waals surface area contributed by atoms with Gasteiger partial charge in [0.15, 0.2) is 5.82 Å². The molecule has 0 atom stereocenters. The van der Waals surface area contributed by atoms with Crippen molar-refractivity contribution in [3.05, 3.63) is 24.0 Å². The number of esters is 1. The fourth-order valence-electron chi connectivity index (χ4n) is 2.83. The number of nitrogens with one attached hydrogen (secondary N) is 1. The van der Waals surface area contributed by atoms with E-state index in [-0.39, 0.29) is 17.7 Å². The molecule has 2 heterocycles. The van der Waals surface area contributed by atoms with Crippen molar-refractivity contribution in [2.24, 2.45) is 5.92 Å². The van der Waals surface area contributed by atoms with Gasteiger partial charge in [-0.3, -0.25) is 9.89 Å². The third kappa shape index (κ3) is 2.57. The van der Waals surface area contributed by atoms with Gasteiger partial charge >= 0.3 is 5.97 Å². The summed E-state index contributed by atoms with van der Waals surface area (Å²) < 4.78 is 19.0. The lowest BCUT2D eigenvalue weighted by atomic mass is 9.97. The number of halogens is 1. The number of hydrogen-bond acceptors (Lipinski definition) is 4. The molecular weight excluding hydrogens is 273 g/mol. The van der Waals surface area contributed by atoms with E-state index in [9.17, 15) is 9.18 Å². The molecule has 112 valence electrons. The minimum Gasteiger partial charge on any atom is -0.466 e. The van der Waals surface area contributed by atoms with E-state index in [1.807, 2.05) is 11.8 Å². The van der Waals surface area contributed by atoms with Crippen molar-refractivity contribution in [2.75, 3.05) is 24.6 Å². The highest BCUT2D eigenvalue weighted by Gasteiger charge is 2.28. The van der Waals surface area contributed by atoms with Gasteiger partial charge in [0.2, 0.25) is 0 Å². The van der Waals surface area contributed by atoms with E-state index < -0.39 is 0 Å². The minimum absolute atomic E-state index is 0.0590. The standard InChI is InChI=1S/C15H18FN3O2/c1-2-21-15(20)10-6-8-19(9-7-10)14-13-11(16)4-3-5-12(13)17-18-14/h3-5,10H,2,6-9H2,1H3,(H,17,18). The van der Waals surface area contributed by atoms with Crippen molar-refractivity contribution in [3.8, 4) is 0 Å². The fraction of sp³-hybridized carbons (Fsp3) is 0.467. The third-order valence-corrected chi connectivity index (χ3v) is 3.93. The highest BCUT2D eigenvalue weighted by atomic mass is 19.1. The molecule has 3 rings (SSSR count). The number of rotatable bonds is 3. The molecule has 0 amide bonds. The molecule has 1 aromatic heterocycles. The Morgan fingerprint density at radius 2 is 2.24 bits per heavy atom. The molecular formula is C15H18FN3O2. The van der Waals surface area contributed by atoms with E-state index >= 15 is 0 Å². The average Bonchev–Trinajstić information content (AvgIpc) is 2.93. The first-order valence-electron chi connectivity index (χ1n) is 7.25. The van der Waals surface area contributed by atoms with Gasteiger partial charge in [-0.2, -0.15) is 5.10 Å². The predicted octanol–water partition coefficient (Wildman–Crippen LogP) is 2.48. The number of ether oxygens (including phenoxy) is 1. The van der Waals surface area contributed by atoms with Crippen molar-refractivity contribution >= 4 is 22.7 Å². The van der Waals surface area contributed by atoms with Gasteiger partial charge in [0, 0.05) is 13.1 Å². The number of nitrogens with zero attached hydrogens (tertiary/aromatic N) is 2. The zero-order valence-electron chi connectivity index (χ0n) is 11.9. The highest BCUT2D eigenvalue weighted by Crippen LogP contribution is 2.30. The molecule has 6 heteroatoms. The van der Waals surface area contributed by atoms with Crippen molar-refractivity contribution in [1.29, 1.82) is 0 Å². The van der Waals surface area contributed by atoms with Crippen molar-refractivity contribution in [1.82, 2.24) is 10.2 Å². The maximum atomic E-state index is 14.0. The van der Waals surface area contributed by atoms with E-state index in [0.29, 0.717) is 49.3 Å². The molecule has 1 aliphatic rings. The Bertz CT molecular complexity index is 647. The van der Waals surface area contributed by atoms with Crippen LogP contribution in [0.5, 0.6) is 0 Å². The van der Waals surface area contributed by atoms with Gasteiger partial charge < -0.3 is 9.64 Å². The summed E-state index contributed by atoms with van der Waals surface area (Å²) in [7, 11) is 0. The Kier molecular flexibility index (Phi) is 3.77. The summed E-state index contributed by atoms with van der Waals surface area (Å²) in [6.45, 7) is 3.58. The van der Waals surface area contributed by atoms with Crippen LogP contribution in [0.15, 0.2) is 18.2 Å². The Hall–Kier alpha value is -2.11. The molecule has 1 fully saturated rings. The number of fused-ring (bicyclic) bond motifs is 1. The Labute approximate surface area is 122 Å². The summed E-state index contributed by atoms with van der Waals surface area (Å²) in [5, 5.41) is 7.61. The zero-order valence-corrected chi connectivity index (χ0v) is 11.9. The number of H-pyrrole nitrogens is 1. The molecule has 1 N–H and O–H groups in total. The van der Waals surface area contributed by atoms with Crippen LogP contribution in [0, 0.1) is 11.7 Å². The molecule has 5 nitrogen and oxygen atoms in total. The molecule has 1 aromatic carbocycles. The second-order valence-corrected chi connectivity index (χ2v) is 5.22. The van der Waals surface area contributed by atoms with E-state index in [4.69, 9.17) is 4.74 Å². The van der Waals surface area contributed by atoms with Crippen LogP contribution in [0.1, 0.15) is 19.8 Å². The molecule has 0 aliphatic carbocycles. The van der Waals surface area contributed by atoms with Crippen LogP contribution < -0.4 is 4.90 Å². The van der Waals surface area contributed by atoms with Crippen LogP contribution in [-0.4, -0.2) is 35.9 Å². The maximum Gasteiger partial charge on any atom is 0.309 e. The second kappa shape index (κ2) is 5.71. The monoisotopic (exact) mass is 291 g/mol. The van der Waals surface area contributed by atoms with Crippen LogP contribution in [0.3, 0.4) is 0 Å².